The second-order valence-corrected chi connectivity index (χ2v) is 5.08. The van der Waals surface area contributed by atoms with Gasteiger partial charge in [0.1, 0.15) is 0 Å². The number of esters is 1. The predicted molar refractivity (Wildman–Crippen MR) is 68.3 cm³/mol. The molecule has 0 aromatic heterocycles. The van der Waals surface area contributed by atoms with Gasteiger partial charge in [-0.15, -0.1) is 0 Å². The van der Waals surface area contributed by atoms with E-state index >= 15 is 0 Å². The molecule has 1 rings (SSSR count). The molecule has 0 radical (unpaired) electrons. The third kappa shape index (κ3) is 3.72. The summed E-state index contributed by atoms with van der Waals surface area (Å²) < 4.78 is 4.99. The maximum absolute atomic E-state index is 12.0. The molecule has 1 aliphatic rings. The van der Waals surface area contributed by atoms with Crippen molar-refractivity contribution >= 4 is 11.9 Å². The third-order valence-electron chi connectivity index (χ3n) is 3.78. The zero-order valence-corrected chi connectivity index (χ0v) is 11.2. The molecular formula is C14H24O4. The van der Waals surface area contributed by atoms with Crippen LogP contribution in [0.4, 0.5) is 0 Å². The van der Waals surface area contributed by atoms with Gasteiger partial charge >= 0.3 is 11.9 Å². The second kappa shape index (κ2) is 7.39. The Balaban J connectivity index is 2.81. The summed E-state index contributed by atoms with van der Waals surface area (Å²) in [6, 6.07) is 0. The fourth-order valence-electron chi connectivity index (χ4n) is 2.64. The maximum Gasteiger partial charge on any atom is 0.323 e. The van der Waals surface area contributed by atoms with Gasteiger partial charge in [0, 0.05) is 0 Å². The van der Waals surface area contributed by atoms with Gasteiger partial charge in [0.05, 0.1) is 6.61 Å². The van der Waals surface area contributed by atoms with Crippen molar-refractivity contribution < 1.29 is 19.4 Å². The molecule has 0 bridgehead atoms. The quantitative estimate of drug-likeness (QED) is 0.622. The van der Waals surface area contributed by atoms with Gasteiger partial charge in [-0.05, 0) is 19.8 Å². The maximum atomic E-state index is 12.0. The molecule has 4 nitrogen and oxygen atoms in total. The number of aliphatic carboxylic acids is 1. The lowest BCUT2D eigenvalue weighted by molar-refractivity contribution is -0.170. The normalized spacial score (nSPS) is 20.9. The van der Waals surface area contributed by atoms with Crippen molar-refractivity contribution in [3.05, 3.63) is 0 Å². The van der Waals surface area contributed by atoms with Crippen LogP contribution in [0.2, 0.25) is 0 Å². The second-order valence-electron chi connectivity index (χ2n) is 5.08. The van der Waals surface area contributed by atoms with Crippen LogP contribution in [0.25, 0.3) is 0 Å². The van der Waals surface area contributed by atoms with Crippen molar-refractivity contribution in [3.63, 3.8) is 0 Å². The van der Waals surface area contributed by atoms with Gasteiger partial charge in [-0.25, -0.2) is 0 Å². The molecule has 0 amide bonds. The summed E-state index contributed by atoms with van der Waals surface area (Å²) in [4.78, 5) is 23.6. The number of hydrogen-bond donors (Lipinski definition) is 1. The van der Waals surface area contributed by atoms with E-state index in [4.69, 9.17) is 4.74 Å². The molecule has 104 valence electrons. The van der Waals surface area contributed by atoms with Gasteiger partial charge in [0.25, 0.3) is 0 Å². The number of carboxylic acid groups (broad SMARTS) is 1. The van der Waals surface area contributed by atoms with E-state index in [1.165, 1.54) is 6.42 Å². The standard InChI is InChI=1S/C14H24O4/c1-2-18-13(17)14(12(15)16)10-8-6-4-3-5-7-9-11-14/h2-11H2,1H3,(H,15,16). The number of hydrogen-bond acceptors (Lipinski definition) is 3. The Hall–Kier alpha value is -1.06. The van der Waals surface area contributed by atoms with Gasteiger partial charge in [-0.1, -0.05) is 44.9 Å². The lowest BCUT2D eigenvalue weighted by Crippen LogP contribution is -2.41. The minimum Gasteiger partial charge on any atom is -0.480 e. The topological polar surface area (TPSA) is 63.6 Å². The van der Waals surface area contributed by atoms with Gasteiger partial charge in [-0.2, -0.15) is 0 Å². The Bertz CT molecular complexity index is 276. The van der Waals surface area contributed by atoms with Gasteiger partial charge in [-0.3, -0.25) is 9.59 Å². The summed E-state index contributed by atoms with van der Waals surface area (Å²) in [5.74, 6) is -1.56. The molecule has 0 saturated heterocycles. The number of ether oxygens (including phenoxy) is 1. The van der Waals surface area contributed by atoms with Crippen LogP contribution in [0.15, 0.2) is 0 Å². The van der Waals surface area contributed by atoms with Crippen LogP contribution in [0.3, 0.4) is 0 Å². The van der Waals surface area contributed by atoms with Crippen molar-refractivity contribution in [1.29, 1.82) is 0 Å². The predicted octanol–water partition coefficient (Wildman–Crippen LogP) is 3.15. The van der Waals surface area contributed by atoms with Crippen LogP contribution in [-0.4, -0.2) is 23.7 Å². The first-order valence-electron chi connectivity index (χ1n) is 7.04. The van der Waals surface area contributed by atoms with Gasteiger partial charge in [0.2, 0.25) is 0 Å². The van der Waals surface area contributed by atoms with E-state index in [2.05, 4.69) is 0 Å². The molecule has 4 heteroatoms. The third-order valence-corrected chi connectivity index (χ3v) is 3.78. The van der Waals surface area contributed by atoms with Crippen molar-refractivity contribution in [2.24, 2.45) is 5.41 Å². The van der Waals surface area contributed by atoms with E-state index in [-0.39, 0.29) is 6.61 Å². The van der Waals surface area contributed by atoms with E-state index in [9.17, 15) is 14.7 Å². The van der Waals surface area contributed by atoms with Crippen LogP contribution < -0.4 is 0 Å². The smallest absolute Gasteiger partial charge is 0.323 e. The Morgan fingerprint density at radius 1 is 1.00 bits per heavy atom. The number of carbonyl (C=O) groups excluding carboxylic acids is 1. The van der Waals surface area contributed by atoms with E-state index in [0.29, 0.717) is 12.8 Å². The summed E-state index contributed by atoms with van der Waals surface area (Å²) in [6.45, 7) is 1.96. The van der Waals surface area contributed by atoms with E-state index < -0.39 is 17.4 Å². The summed E-state index contributed by atoms with van der Waals surface area (Å²) in [5, 5.41) is 9.46. The average molecular weight is 256 g/mol. The summed E-state index contributed by atoms with van der Waals surface area (Å²) >= 11 is 0. The van der Waals surface area contributed by atoms with Crippen molar-refractivity contribution in [1.82, 2.24) is 0 Å². The van der Waals surface area contributed by atoms with E-state index in [1.807, 2.05) is 0 Å². The Morgan fingerprint density at radius 2 is 1.44 bits per heavy atom. The molecule has 0 aromatic carbocycles. The molecule has 0 atom stereocenters. The fourth-order valence-corrected chi connectivity index (χ4v) is 2.64. The average Bonchev–Trinajstić information content (AvgIpc) is 2.35. The summed E-state index contributed by atoms with van der Waals surface area (Å²) in [7, 11) is 0. The first-order valence-corrected chi connectivity index (χ1v) is 7.04. The van der Waals surface area contributed by atoms with Crippen LogP contribution in [0.5, 0.6) is 0 Å². The van der Waals surface area contributed by atoms with Crippen molar-refractivity contribution in [2.45, 2.75) is 64.7 Å². The minimum atomic E-state index is -1.30. The number of carbonyl (C=O) groups is 2. The van der Waals surface area contributed by atoms with Crippen LogP contribution >= 0.6 is 0 Å². The molecule has 0 spiro atoms. The molecule has 1 fully saturated rings. The highest BCUT2D eigenvalue weighted by molar-refractivity contribution is 5.99. The van der Waals surface area contributed by atoms with Crippen LogP contribution in [-0.2, 0) is 14.3 Å². The molecule has 1 aliphatic carbocycles. The van der Waals surface area contributed by atoms with E-state index in [0.717, 1.165) is 38.5 Å². The van der Waals surface area contributed by atoms with Crippen molar-refractivity contribution in [3.8, 4) is 0 Å². The first kappa shape index (κ1) is 15.0. The zero-order valence-electron chi connectivity index (χ0n) is 11.2. The Labute approximate surface area is 109 Å². The molecule has 0 aromatic rings. The van der Waals surface area contributed by atoms with Crippen LogP contribution in [0, 0.1) is 5.41 Å². The fraction of sp³-hybridized carbons (Fsp3) is 0.857. The SMILES string of the molecule is CCOC(=O)C1(C(=O)O)CCCCCCCCC1. The monoisotopic (exact) mass is 256 g/mol. The molecule has 1 saturated carbocycles. The summed E-state index contributed by atoms with van der Waals surface area (Å²) in [5.41, 5.74) is -1.30. The van der Waals surface area contributed by atoms with Crippen molar-refractivity contribution in [2.75, 3.05) is 6.61 Å². The highest BCUT2D eigenvalue weighted by Gasteiger charge is 2.46. The molecule has 1 N–H and O–H groups in total. The van der Waals surface area contributed by atoms with Gasteiger partial charge < -0.3 is 9.84 Å². The Morgan fingerprint density at radius 3 is 1.83 bits per heavy atom. The van der Waals surface area contributed by atoms with E-state index in [1.54, 1.807) is 6.92 Å². The highest BCUT2D eigenvalue weighted by Crippen LogP contribution is 2.35. The minimum absolute atomic E-state index is 0.244. The Kier molecular flexibility index (Phi) is 6.16. The molecule has 18 heavy (non-hydrogen) atoms. The molecule has 0 heterocycles. The summed E-state index contributed by atoms with van der Waals surface area (Å²) in [6.07, 6.45) is 7.94. The number of rotatable bonds is 3. The largest absolute Gasteiger partial charge is 0.480 e. The lowest BCUT2D eigenvalue weighted by atomic mass is 9.77. The zero-order chi connectivity index (χ0) is 13.4. The molecule has 0 aliphatic heterocycles. The molecule has 0 unspecified atom stereocenters. The van der Waals surface area contributed by atoms with Gasteiger partial charge in [0.15, 0.2) is 5.41 Å². The molecular weight excluding hydrogens is 232 g/mol. The first-order chi connectivity index (χ1) is 8.63. The highest BCUT2D eigenvalue weighted by atomic mass is 16.5. The number of carboxylic acids is 1. The lowest BCUT2D eigenvalue weighted by Gasteiger charge is -2.27. The van der Waals surface area contributed by atoms with Crippen LogP contribution in [0.1, 0.15) is 64.7 Å².